The second-order valence-electron chi connectivity index (χ2n) is 6.85. The molecule has 1 aliphatic carbocycles. The third-order valence-corrected chi connectivity index (χ3v) is 5.20. The van der Waals surface area contributed by atoms with Crippen LogP contribution in [0, 0.1) is 0 Å². The van der Waals surface area contributed by atoms with Gasteiger partial charge in [0.1, 0.15) is 5.75 Å². The Bertz CT molecular complexity index is 725. The van der Waals surface area contributed by atoms with Crippen molar-refractivity contribution in [1.82, 2.24) is 10.3 Å². The van der Waals surface area contributed by atoms with Crippen LogP contribution in [0.25, 0.3) is 0 Å². The number of benzene rings is 1. The molecule has 0 saturated heterocycles. The van der Waals surface area contributed by atoms with Gasteiger partial charge in [0, 0.05) is 30.3 Å². The highest BCUT2D eigenvalue weighted by Crippen LogP contribution is 2.46. The molecule has 4 nitrogen and oxygen atoms in total. The predicted molar refractivity (Wildman–Crippen MR) is 92.1 cm³/mol. The van der Waals surface area contributed by atoms with E-state index in [1.54, 1.807) is 0 Å². The van der Waals surface area contributed by atoms with Gasteiger partial charge in [-0.15, -0.1) is 0 Å². The Morgan fingerprint density at radius 2 is 2.04 bits per heavy atom. The molecule has 0 spiro atoms. The molecule has 124 valence electrons. The Labute approximate surface area is 142 Å². The number of fused-ring (bicyclic) bond motifs is 1. The number of carbonyl (C=O) groups excluding carboxylic acids is 1. The maximum atomic E-state index is 12.5. The van der Waals surface area contributed by atoms with E-state index in [0.717, 1.165) is 36.3 Å². The summed E-state index contributed by atoms with van der Waals surface area (Å²) in [6.07, 6.45) is 5.46. The molecule has 1 atom stereocenters. The number of para-hydroxylation sites is 1. The number of aromatic nitrogens is 1. The van der Waals surface area contributed by atoms with E-state index in [2.05, 4.69) is 22.4 Å². The smallest absolute Gasteiger partial charge is 0.220 e. The van der Waals surface area contributed by atoms with Crippen LogP contribution in [0.3, 0.4) is 0 Å². The van der Waals surface area contributed by atoms with Gasteiger partial charge in [-0.25, -0.2) is 0 Å². The third-order valence-electron chi connectivity index (χ3n) is 5.20. The minimum Gasteiger partial charge on any atom is -0.493 e. The number of pyridine rings is 1. The fraction of sp³-hybridized carbons (Fsp3) is 0.400. The molecule has 1 fully saturated rings. The predicted octanol–water partition coefficient (Wildman–Crippen LogP) is 3.19. The Morgan fingerprint density at radius 1 is 1.21 bits per heavy atom. The molecule has 1 aliphatic heterocycles. The van der Waals surface area contributed by atoms with Gasteiger partial charge in [0.15, 0.2) is 0 Å². The summed E-state index contributed by atoms with van der Waals surface area (Å²) in [5.41, 5.74) is 2.32. The van der Waals surface area contributed by atoms with Crippen molar-refractivity contribution in [3.63, 3.8) is 0 Å². The average molecular weight is 322 g/mol. The van der Waals surface area contributed by atoms with Crippen LogP contribution in [-0.4, -0.2) is 24.0 Å². The van der Waals surface area contributed by atoms with Crippen molar-refractivity contribution in [2.75, 3.05) is 13.2 Å². The van der Waals surface area contributed by atoms with E-state index in [0.29, 0.717) is 19.6 Å². The summed E-state index contributed by atoms with van der Waals surface area (Å²) in [4.78, 5) is 16.9. The topological polar surface area (TPSA) is 51.2 Å². The molecule has 0 radical (unpaired) electrons. The molecule has 4 rings (SSSR count). The number of hydrogen-bond acceptors (Lipinski definition) is 3. The third kappa shape index (κ3) is 3.01. The second kappa shape index (κ2) is 6.27. The number of hydrogen-bond donors (Lipinski definition) is 1. The zero-order valence-electron chi connectivity index (χ0n) is 13.7. The molecule has 2 aliphatic rings. The normalized spacial score (nSPS) is 20.6. The summed E-state index contributed by atoms with van der Waals surface area (Å²) < 4.78 is 5.68. The molecule has 1 amide bonds. The Hall–Kier alpha value is -2.36. The van der Waals surface area contributed by atoms with Crippen molar-refractivity contribution in [3.8, 4) is 5.75 Å². The molecule has 1 unspecified atom stereocenters. The summed E-state index contributed by atoms with van der Waals surface area (Å²) in [5, 5.41) is 3.14. The van der Waals surface area contributed by atoms with Crippen LogP contribution in [0.5, 0.6) is 5.75 Å². The van der Waals surface area contributed by atoms with Gasteiger partial charge in [-0.2, -0.15) is 0 Å². The van der Waals surface area contributed by atoms with Gasteiger partial charge in [-0.1, -0.05) is 24.3 Å². The van der Waals surface area contributed by atoms with E-state index >= 15 is 0 Å². The zero-order valence-corrected chi connectivity index (χ0v) is 13.7. The van der Waals surface area contributed by atoms with E-state index in [1.807, 2.05) is 36.5 Å². The lowest BCUT2D eigenvalue weighted by molar-refractivity contribution is -0.121. The average Bonchev–Trinajstić information content (AvgIpc) is 3.42. The Morgan fingerprint density at radius 3 is 2.83 bits per heavy atom. The molecule has 1 aromatic carbocycles. The standard InChI is InChI=1S/C20H22N2O2/c23-19(13-15-8-12-24-17-6-2-1-5-16(15)17)22-14-20(9-10-20)18-7-3-4-11-21-18/h1-7,11,15H,8-10,12-14H2,(H,22,23). The van der Waals surface area contributed by atoms with Crippen molar-refractivity contribution in [2.45, 2.75) is 37.0 Å². The summed E-state index contributed by atoms with van der Waals surface area (Å²) in [5.74, 6) is 1.30. The maximum Gasteiger partial charge on any atom is 0.220 e. The summed E-state index contributed by atoms with van der Waals surface area (Å²) in [7, 11) is 0. The molecule has 1 N–H and O–H groups in total. The molecular formula is C20H22N2O2. The highest BCUT2D eigenvalue weighted by molar-refractivity contribution is 5.77. The fourth-order valence-electron chi connectivity index (χ4n) is 3.54. The van der Waals surface area contributed by atoms with E-state index in [1.165, 1.54) is 0 Å². The van der Waals surface area contributed by atoms with Crippen molar-refractivity contribution in [1.29, 1.82) is 0 Å². The minimum absolute atomic E-state index is 0.0600. The first-order valence-corrected chi connectivity index (χ1v) is 8.67. The molecule has 2 heterocycles. The van der Waals surface area contributed by atoms with E-state index in [-0.39, 0.29) is 17.2 Å². The SMILES string of the molecule is O=C(CC1CCOc2ccccc21)NCC1(c2ccccn2)CC1. The van der Waals surface area contributed by atoms with Gasteiger partial charge in [0.25, 0.3) is 0 Å². The van der Waals surface area contributed by atoms with Crippen LogP contribution in [-0.2, 0) is 10.2 Å². The maximum absolute atomic E-state index is 12.5. The van der Waals surface area contributed by atoms with Gasteiger partial charge in [-0.05, 0) is 48.9 Å². The lowest BCUT2D eigenvalue weighted by atomic mass is 9.90. The lowest BCUT2D eigenvalue weighted by Crippen LogP contribution is -2.34. The molecule has 4 heteroatoms. The highest BCUT2D eigenvalue weighted by Gasteiger charge is 2.45. The van der Waals surface area contributed by atoms with Crippen molar-refractivity contribution in [2.24, 2.45) is 0 Å². The van der Waals surface area contributed by atoms with E-state index in [4.69, 9.17) is 4.74 Å². The summed E-state index contributed by atoms with van der Waals surface area (Å²) in [6, 6.07) is 14.1. The van der Waals surface area contributed by atoms with Gasteiger partial charge >= 0.3 is 0 Å². The highest BCUT2D eigenvalue weighted by atomic mass is 16.5. The molecular weight excluding hydrogens is 300 g/mol. The minimum atomic E-state index is 0.0600. The van der Waals surface area contributed by atoms with Gasteiger partial charge in [-0.3, -0.25) is 9.78 Å². The molecule has 24 heavy (non-hydrogen) atoms. The molecule has 1 aromatic heterocycles. The zero-order chi connectivity index (χ0) is 16.4. The summed E-state index contributed by atoms with van der Waals surface area (Å²) in [6.45, 7) is 1.38. The van der Waals surface area contributed by atoms with E-state index in [9.17, 15) is 4.79 Å². The molecule has 1 saturated carbocycles. The second-order valence-corrected chi connectivity index (χ2v) is 6.85. The van der Waals surface area contributed by atoms with Gasteiger partial charge < -0.3 is 10.1 Å². The van der Waals surface area contributed by atoms with Crippen molar-refractivity contribution in [3.05, 3.63) is 59.9 Å². The van der Waals surface area contributed by atoms with Crippen LogP contribution >= 0.6 is 0 Å². The number of nitrogens with zero attached hydrogens (tertiary/aromatic N) is 1. The van der Waals surface area contributed by atoms with Crippen molar-refractivity contribution < 1.29 is 9.53 Å². The number of ether oxygens (including phenoxy) is 1. The quantitative estimate of drug-likeness (QED) is 0.920. The summed E-state index contributed by atoms with van der Waals surface area (Å²) >= 11 is 0. The van der Waals surface area contributed by atoms with E-state index < -0.39 is 0 Å². The van der Waals surface area contributed by atoms with Gasteiger partial charge in [0.05, 0.1) is 6.61 Å². The first-order valence-electron chi connectivity index (χ1n) is 8.67. The Kier molecular flexibility index (Phi) is 3.97. The lowest BCUT2D eigenvalue weighted by Gasteiger charge is -2.25. The molecule has 0 bridgehead atoms. The van der Waals surface area contributed by atoms with Gasteiger partial charge in [0.2, 0.25) is 5.91 Å². The monoisotopic (exact) mass is 322 g/mol. The first-order chi connectivity index (χ1) is 11.8. The Balaban J connectivity index is 1.37. The van der Waals surface area contributed by atoms with Crippen LogP contribution in [0.2, 0.25) is 0 Å². The molecule has 2 aromatic rings. The number of nitrogens with one attached hydrogen (secondary N) is 1. The van der Waals surface area contributed by atoms with Crippen LogP contribution in [0.1, 0.15) is 42.9 Å². The van der Waals surface area contributed by atoms with Crippen LogP contribution in [0.4, 0.5) is 0 Å². The first kappa shape index (κ1) is 15.2. The largest absolute Gasteiger partial charge is 0.493 e. The number of rotatable bonds is 5. The number of amides is 1. The van der Waals surface area contributed by atoms with Crippen molar-refractivity contribution >= 4 is 5.91 Å². The number of carbonyl (C=O) groups is 1. The van der Waals surface area contributed by atoms with Crippen LogP contribution < -0.4 is 10.1 Å². The fourth-order valence-corrected chi connectivity index (χ4v) is 3.54. The van der Waals surface area contributed by atoms with Crippen LogP contribution in [0.15, 0.2) is 48.7 Å².